The van der Waals surface area contributed by atoms with Crippen molar-refractivity contribution >= 4 is 10.0 Å². The molecule has 1 N–H and O–H groups in total. The fraction of sp³-hybridized carbons (Fsp3) is 0.217. The molecule has 0 aliphatic carbocycles. The smallest absolute Gasteiger partial charge is 0.260 e. The highest BCUT2D eigenvalue weighted by atomic mass is 32.2. The van der Waals surface area contributed by atoms with Crippen LogP contribution < -0.4 is 0 Å². The van der Waals surface area contributed by atoms with Crippen LogP contribution in [0.25, 0.3) is 11.3 Å². The van der Waals surface area contributed by atoms with Crippen LogP contribution >= 0.6 is 0 Å². The summed E-state index contributed by atoms with van der Waals surface area (Å²) in [7, 11) is -3.78. The Morgan fingerprint density at radius 3 is 2.23 bits per heavy atom. The third kappa shape index (κ3) is 3.85. The third-order valence-electron chi connectivity index (χ3n) is 5.50. The second-order valence-electron chi connectivity index (χ2n) is 7.35. The summed E-state index contributed by atoms with van der Waals surface area (Å²) in [5.41, 5.74) is 1.58. The van der Waals surface area contributed by atoms with Gasteiger partial charge < -0.3 is 5.11 Å². The van der Waals surface area contributed by atoms with Crippen LogP contribution in [0.5, 0.6) is 0 Å². The summed E-state index contributed by atoms with van der Waals surface area (Å²) in [6, 6.07) is 23.2. The Hall–Kier alpha value is -3.05. The maximum atomic E-state index is 13.2. The van der Waals surface area contributed by atoms with Crippen LogP contribution in [0.15, 0.2) is 77.8 Å². The van der Waals surface area contributed by atoms with Gasteiger partial charge in [0.25, 0.3) is 10.0 Å². The number of piperidine rings is 1. The van der Waals surface area contributed by atoms with Gasteiger partial charge in [0, 0.05) is 18.7 Å². The molecule has 0 saturated carbocycles. The number of hydrogen-bond donors (Lipinski definition) is 1. The average Bonchev–Trinajstić information content (AvgIpc) is 2.80. The van der Waals surface area contributed by atoms with Crippen molar-refractivity contribution in [1.82, 2.24) is 9.29 Å². The van der Waals surface area contributed by atoms with E-state index in [2.05, 4.69) is 11.1 Å². The first kappa shape index (κ1) is 20.2. The number of sulfonamides is 1. The van der Waals surface area contributed by atoms with Gasteiger partial charge in [-0.1, -0.05) is 48.5 Å². The third-order valence-corrected chi connectivity index (χ3v) is 7.30. The first-order valence-electron chi connectivity index (χ1n) is 9.68. The Balaban J connectivity index is 1.55. The lowest BCUT2D eigenvalue weighted by molar-refractivity contribution is -0.00965. The van der Waals surface area contributed by atoms with Crippen molar-refractivity contribution < 1.29 is 13.5 Å². The highest BCUT2D eigenvalue weighted by Crippen LogP contribution is 2.34. The van der Waals surface area contributed by atoms with Gasteiger partial charge in [-0.2, -0.15) is 9.57 Å². The number of aromatic nitrogens is 1. The Morgan fingerprint density at radius 1 is 0.933 bits per heavy atom. The molecule has 3 aromatic rings. The maximum Gasteiger partial charge on any atom is 0.260 e. The second-order valence-corrected chi connectivity index (χ2v) is 9.24. The van der Waals surface area contributed by atoms with Crippen molar-refractivity contribution in [2.24, 2.45) is 0 Å². The Kier molecular flexibility index (Phi) is 5.39. The fourth-order valence-corrected chi connectivity index (χ4v) is 5.09. The number of benzene rings is 2. The Morgan fingerprint density at radius 2 is 1.60 bits per heavy atom. The van der Waals surface area contributed by atoms with E-state index in [9.17, 15) is 13.5 Å². The number of hydrogen-bond acceptors (Lipinski definition) is 5. The second kappa shape index (κ2) is 8.00. The summed E-state index contributed by atoms with van der Waals surface area (Å²) >= 11 is 0. The van der Waals surface area contributed by atoms with E-state index in [1.165, 1.54) is 10.4 Å². The highest BCUT2D eigenvalue weighted by molar-refractivity contribution is 7.89. The zero-order chi connectivity index (χ0) is 21.2. The molecule has 1 aromatic heterocycles. The Labute approximate surface area is 176 Å². The van der Waals surface area contributed by atoms with Crippen molar-refractivity contribution in [3.8, 4) is 17.3 Å². The van der Waals surface area contributed by atoms with Gasteiger partial charge in [0.05, 0.1) is 22.9 Å². The minimum absolute atomic E-state index is 0.0190. The predicted octanol–water partition coefficient (Wildman–Crippen LogP) is 3.29. The summed E-state index contributed by atoms with van der Waals surface area (Å²) in [4.78, 5) is 4.36. The van der Waals surface area contributed by atoms with Crippen molar-refractivity contribution in [1.29, 1.82) is 5.26 Å². The van der Waals surface area contributed by atoms with E-state index >= 15 is 0 Å². The Bertz CT molecular complexity index is 1180. The average molecular weight is 420 g/mol. The lowest BCUT2D eigenvalue weighted by atomic mass is 9.85. The van der Waals surface area contributed by atoms with Gasteiger partial charge in [-0.25, -0.2) is 13.4 Å². The molecule has 0 unspecified atom stereocenters. The lowest BCUT2D eigenvalue weighted by Crippen LogP contribution is -2.45. The molecule has 0 atom stereocenters. The van der Waals surface area contributed by atoms with E-state index in [-0.39, 0.29) is 18.1 Å². The molecule has 0 bridgehead atoms. The van der Waals surface area contributed by atoms with Crippen LogP contribution in [0.1, 0.15) is 24.0 Å². The van der Waals surface area contributed by atoms with Gasteiger partial charge in [0.2, 0.25) is 0 Å². The molecule has 1 aliphatic heterocycles. The van der Waals surface area contributed by atoms with Gasteiger partial charge in [-0.05, 0) is 42.7 Å². The quantitative estimate of drug-likeness (QED) is 0.700. The van der Waals surface area contributed by atoms with E-state index in [0.717, 1.165) is 11.1 Å². The fourth-order valence-electron chi connectivity index (χ4n) is 3.70. The minimum Gasteiger partial charge on any atom is -0.385 e. The van der Waals surface area contributed by atoms with E-state index in [4.69, 9.17) is 5.26 Å². The number of pyridine rings is 1. The van der Waals surface area contributed by atoms with Gasteiger partial charge in [-0.3, -0.25) is 0 Å². The number of nitriles is 1. The van der Waals surface area contributed by atoms with E-state index < -0.39 is 15.6 Å². The standard InChI is InChI=1S/C23H21N3O3S/c24-17-18-9-11-19(12-10-18)21-7-4-8-22(25-21)30(28,29)26-15-13-23(27,14-16-26)20-5-2-1-3-6-20/h1-12,27H,13-16H2. The molecule has 6 nitrogen and oxygen atoms in total. The molecule has 1 saturated heterocycles. The first-order valence-corrected chi connectivity index (χ1v) is 11.1. The summed E-state index contributed by atoms with van der Waals surface area (Å²) < 4.78 is 27.7. The molecule has 2 heterocycles. The molecular weight excluding hydrogens is 398 g/mol. The summed E-state index contributed by atoms with van der Waals surface area (Å²) in [6.45, 7) is 0.438. The van der Waals surface area contributed by atoms with Crippen LogP contribution in [0.2, 0.25) is 0 Å². The molecule has 2 aromatic carbocycles. The van der Waals surface area contributed by atoms with Crippen molar-refractivity contribution in [2.75, 3.05) is 13.1 Å². The molecule has 0 amide bonds. The summed E-state index contributed by atoms with van der Waals surface area (Å²) in [5, 5.41) is 19.9. The lowest BCUT2D eigenvalue weighted by Gasteiger charge is -2.37. The van der Waals surface area contributed by atoms with E-state index in [1.807, 2.05) is 30.3 Å². The molecule has 4 rings (SSSR count). The van der Waals surface area contributed by atoms with Crippen LogP contribution in [0, 0.1) is 11.3 Å². The maximum absolute atomic E-state index is 13.2. The van der Waals surface area contributed by atoms with Gasteiger partial charge >= 0.3 is 0 Å². The normalized spacial score (nSPS) is 16.7. The first-order chi connectivity index (χ1) is 14.4. The monoisotopic (exact) mass is 419 g/mol. The molecule has 1 aliphatic rings. The predicted molar refractivity (Wildman–Crippen MR) is 113 cm³/mol. The zero-order valence-electron chi connectivity index (χ0n) is 16.3. The van der Waals surface area contributed by atoms with Gasteiger partial charge in [-0.15, -0.1) is 0 Å². The summed E-state index contributed by atoms with van der Waals surface area (Å²) in [6.07, 6.45) is 0.650. The topological polar surface area (TPSA) is 94.3 Å². The van der Waals surface area contributed by atoms with Gasteiger partial charge in [0.1, 0.15) is 0 Å². The molecule has 152 valence electrons. The number of nitrogens with zero attached hydrogens (tertiary/aromatic N) is 3. The molecule has 0 spiro atoms. The molecule has 1 fully saturated rings. The molecule has 7 heteroatoms. The van der Waals surface area contributed by atoms with Gasteiger partial charge in [0.15, 0.2) is 5.03 Å². The van der Waals surface area contributed by atoms with E-state index in [1.54, 1.807) is 36.4 Å². The highest BCUT2D eigenvalue weighted by Gasteiger charge is 2.38. The van der Waals surface area contributed by atoms with Crippen molar-refractivity contribution in [3.05, 3.63) is 83.9 Å². The molecule has 0 radical (unpaired) electrons. The van der Waals surface area contributed by atoms with Crippen LogP contribution in [-0.4, -0.2) is 35.9 Å². The van der Waals surface area contributed by atoms with E-state index in [0.29, 0.717) is 24.1 Å². The van der Waals surface area contributed by atoms with Crippen molar-refractivity contribution in [2.45, 2.75) is 23.5 Å². The summed E-state index contributed by atoms with van der Waals surface area (Å²) in [5.74, 6) is 0. The zero-order valence-corrected chi connectivity index (χ0v) is 17.1. The van der Waals surface area contributed by atoms with Crippen LogP contribution in [0.4, 0.5) is 0 Å². The van der Waals surface area contributed by atoms with Crippen LogP contribution in [-0.2, 0) is 15.6 Å². The minimum atomic E-state index is -3.78. The number of aliphatic hydroxyl groups is 1. The van der Waals surface area contributed by atoms with Crippen LogP contribution in [0.3, 0.4) is 0 Å². The SMILES string of the molecule is N#Cc1ccc(-c2cccc(S(=O)(=O)N3CCC(O)(c4ccccc4)CC3)n2)cc1. The molecule has 30 heavy (non-hydrogen) atoms. The largest absolute Gasteiger partial charge is 0.385 e. The van der Waals surface area contributed by atoms with Crippen molar-refractivity contribution in [3.63, 3.8) is 0 Å². The number of rotatable bonds is 4. The molecular formula is C23H21N3O3S.